The summed E-state index contributed by atoms with van der Waals surface area (Å²) >= 11 is 0. The maximum atomic E-state index is 11.5. The molecular weight excluding hydrogens is 192 g/mol. The van der Waals surface area contributed by atoms with Crippen LogP contribution < -0.4 is 5.32 Å². The van der Waals surface area contributed by atoms with Crippen LogP contribution in [0.2, 0.25) is 0 Å². The summed E-state index contributed by atoms with van der Waals surface area (Å²) in [7, 11) is 0. The van der Waals surface area contributed by atoms with Crippen LogP contribution in [-0.2, 0) is 9.53 Å². The summed E-state index contributed by atoms with van der Waals surface area (Å²) in [4.78, 5) is 13.8. The van der Waals surface area contributed by atoms with Crippen LogP contribution in [0.4, 0.5) is 0 Å². The molecule has 2 fully saturated rings. The van der Waals surface area contributed by atoms with Gasteiger partial charge in [0.1, 0.15) is 0 Å². The van der Waals surface area contributed by atoms with Crippen molar-refractivity contribution in [2.75, 3.05) is 39.4 Å². The number of hydrogen-bond acceptors (Lipinski definition) is 3. The molecule has 1 heterocycles. The molecule has 0 spiro atoms. The van der Waals surface area contributed by atoms with Gasteiger partial charge in [-0.3, -0.25) is 9.69 Å². The predicted octanol–water partition coefficient (Wildman–Crippen LogP) is 0.0908. The van der Waals surface area contributed by atoms with Crippen LogP contribution in [0.15, 0.2) is 0 Å². The SMILES string of the molecule is CC1CC1C(=O)NCCN1CCOCC1. The van der Waals surface area contributed by atoms with E-state index in [9.17, 15) is 4.79 Å². The van der Waals surface area contributed by atoms with Gasteiger partial charge in [0, 0.05) is 32.1 Å². The number of rotatable bonds is 4. The second-order valence-corrected chi connectivity index (χ2v) is 4.56. The molecule has 0 aromatic rings. The van der Waals surface area contributed by atoms with E-state index < -0.39 is 0 Å². The molecule has 0 aromatic carbocycles. The van der Waals surface area contributed by atoms with Crippen molar-refractivity contribution in [1.29, 1.82) is 0 Å². The van der Waals surface area contributed by atoms with Crippen molar-refractivity contribution in [3.8, 4) is 0 Å². The number of hydrogen-bond donors (Lipinski definition) is 1. The summed E-state index contributed by atoms with van der Waals surface area (Å²) in [6, 6.07) is 0. The molecule has 4 heteroatoms. The molecule has 1 saturated carbocycles. The number of amides is 1. The third kappa shape index (κ3) is 3.18. The lowest BCUT2D eigenvalue weighted by Crippen LogP contribution is -2.41. The van der Waals surface area contributed by atoms with Crippen LogP contribution in [0.5, 0.6) is 0 Å². The van der Waals surface area contributed by atoms with Crippen LogP contribution in [0.25, 0.3) is 0 Å². The molecule has 2 atom stereocenters. The first-order valence-corrected chi connectivity index (χ1v) is 5.85. The Kier molecular flexibility index (Phi) is 3.59. The zero-order valence-corrected chi connectivity index (χ0v) is 9.37. The Morgan fingerprint density at radius 1 is 1.47 bits per heavy atom. The van der Waals surface area contributed by atoms with Crippen molar-refractivity contribution in [2.45, 2.75) is 13.3 Å². The maximum absolute atomic E-state index is 11.5. The normalized spacial score (nSPS) is 31.3. The summed E-state index contributed by atoms with van der Waals surface area (Å²) in [5, 5.41) is 3.00. The first kappa shape index (κ1) is 10.9. The minimum atomic E-state index is 0.246. The number of nitrogens with one attached hydrogen (secondary N) is 1. The summed E-state index contributed by atoms with van der Waals surface area (Å²) in [6.45, 7) is 7.51. The van der Waals surface area contributed by atoms with Gasteiger partial charge in [-0.25, -0.2) is 0 Å². The van der Waals surface area contributed by atoms with Crippen molar-refractivity contribution < 1.29 is 9.53 Å². The molecule has 0 bridgehead atoms. The van der Waals surface area contributed by atoms with Gasteiger partial charge >= 0.3 is 0 Å². The van der Waals surface area contributed by atoms with Gasteiger partial charge in [-0.1, -0.05) is 6.92 Å². The monoisotopic (exact) mass is 212 g/mol. The Morgan fingerprint density at radius 2 is 2.13 bits per heavy atom. The summed E-state index contributed by atoms with van der Waals surface area (Å²) in [5.41, 5.74) is 0. The van der Waals surface area contributed by atoms with Crippen molar-refractivity contribution >= 4 is 5.91 Å². The van der Waals surface area contributed by atoms with E-state index in [1.54, 1.807) is 0 Å². The second kappa shape index (κ2) is 4.94. The van der Waals surface area contributed by atoms with Crippen LogP contribution >= 0.6 is 0 Å². The molecular formula is C11H20N2O2. The summed E-state index contributed by atoms with van der Waals surface area (Å²) < 4.78 is 5.26. The average molecular weight is 212 g/mol. The van der Waals surface area contributed by atoms with E-state index in [1.807, 2.05) is 0 Å². The molecule has 4 nitrogen and oxygen atoms in total. The maximum Gasteiger partial charge on any atom is 0.223 e. The van der Waals surface area contributed by atoms with Gasteiger partial charge in [-0.05, 0) is 12.3 Å². The Morgan fingerprint density at radius 3 is 2.73 bits per heavy atom. The minimum absolute atomic E-state index is 0.246. The van der Waals surface area contributed by atoms with Crippen molar-refractivity contribution in [2.24, 2.45) is 11.8 Å². The summed E-state index contributed by atoms with van der Waals surface area (Å²) in [6.07, 6.45) is 1.07. The Balaban J connectivity index is 1.56. The van der Waals surface area contributed by atoms with Crippen LogP contribution in [-0.4, -0.2) is 50.2 Å². The number of carbonyl (C=O) groups is 1. The summed E-state index contributed by atoms with van der Waals surface area (Å²) in [5.74, 6) is 1.15. The van der Waals surface area contributed by atoms with Crippen LogP contribution in [0.1, 0.15) is 13.3 Å². The highest BCUT2D eigenvalue weighted by Crippen LogP contribution is 2.37. The number of morpholine rings is 1. The quantitative estimate of drug-likeness (QED) is 0.718. The Hall–Kier alpha value is -0.610. The predicted molar refractivity (Wildman–Crippen MR) is 57.5 cm³/mol. The van der Waals surface area contributed by atoms with Crippen LogP contribution in [0, 0.1) is 11.8 Å². The smallest absolute Gasteiger partial charge is 0.223 e. The highest BCUT2D eigenvalue weighted by Gasteiger charge is 2.38. The lowest BCUT2D eigenvalue weighted by atomic mass is 10.3. The Bertz CT molecular complexity index is 227. The standard InChI is InChI=1S/C11H20N2O2/c1-9-8-10(9)11(14)12-2-3-13-4-6-15-7-5-13/h9-10H,2-8H2,1H3,(H,12,14). The molecule has 86 valence electrons. The number of nitrogens with zero attached hydrogens (tertiary/aromatic N) is 1. The molecule has 2 rings (SSSR count). The molecule has 1 aliphatic carbocycles. The lowest BCUT2D eigenvalue weighted by molar-refractivity contribution is -0.122. The van der Waals surface area contributed by atoms with Crippen molar-refractivity contribution in [3.05, 3.63) is 0 Å². The van der Waals surface area contributed by atoms with Crippen molar-refractivity contribution in [1.82, 2.24) is 10.2 Å². The number of ether oxygens (including phenoxy) is 1. The molecule has 2 unspecified atom stereocenters. The average Bonchev–Trinajstić information content (AvgIpc) is 2.97. The molecule has 1 saturated heterocycles. The van der Waals surface area contributed by atoms with Crippen LogP contribution in [0.3, 0.4) is 0 Å². The highest BCUT2D eigenvalue weighted by molar-refractivity contribution is 5.81. The molecule has 15 heavy (non-hydrogen) atoms. The minimum Gasteiger partial charge on any atom is -0.379 e. The van der Waals surface area contributed by atoms with E-state index in [0.717, 1.165) is 45.8 Å². The third-order valence-corrected chi connectivity index (χ3v) is 3.28. The zero-order valence-electron chi connectivity index (χ0n) is 9.37. The largest absolute Gasteiger partial charge is 0.379 e. The van der Waals surface area contributed by atoms with E-state index in [-0.39, 0.29) is 5.91 Å². The fourth-order valence-electron chi connectivity index (χ4n) is 1.98. The molecule has 1 N–H and O–H groups in total. The van der Waals surface area contributed by atoms with Gasteiger partial charge < -0.3 is 10.1 Å². The first-order valence-electron chi connectivity index (χ1n) is 5.85. The van der Waals surface area contributed by atoms with Crippen molar-refractivity contribution in [3.63, 3.8) is 0 Å². The number of carbonyl (C=O) groups excluding carboxylic acids is 1. The van der Waals surface area contributed by atoms with Gasteiger partial charge in [-0.15, -0.1) is 0 Å². The van der Waals surface area contributed by atoms with Gasteiger partial charge in [0.05, 0.1) is 13.2 Å². The second-order valence-electron chi connectivity index (χ2n) is 4.56. The molecule has 1 aliphatic heterocycles. The first-order chi connectivity index (χ1) is 7.27. The van der Waals surface area contributed by atoms with E-state index in [0.29, 0.717) is 11.8 Å². The van der Waals surface area contributed by atoms with E-state index in [4.69, 9.17) is 4.74 Å². The highest BCUT2D eigenvalue weighted by atomic mass is 16.5. The Labute approximate surface area is 91.0 Å². The fourth-order valence-corrected chi connectivity index (χ4v) is 1.98. The topological polar surface area (TPSA) is 41.6 Å². The van der Waals surface area contributed by atoms with E-state index >= 15 is 0 Å². The van der Waals surface area contributed by atoms with E-state index in [1.165, 1.54) is 0 Å². The molecule has 0 radical (unpaired) electrons. The van der Waals surface area contributed by atoms with Gasteiger partial charge in [-0.2, -0.15) is 0 Å². The lowest BCUT2D eigenvalue weighted by Gasteiger charge is -2.26. The molecule has 2 aliphatic rings. The fraction of sp³-hybridized carbons (Fsp3) is 0.909. The van der Waals surface area contributed by atoms with E-state index in [2.05, 4.69) is 17.1 Å². The molecule has 1 amide bonds. The van der Waals surface area contributed by atoms with Gasteiger partial charge in [0.15, 0.2) is 0 Å². The van der Waals surface area contributed by atoms with Gasteiger partial charge in [0.2, 0.25) is 5.91 Å². The van der Waals surface area contributed by atoms with Gasteiger partial charge in [0.25, 0.3) is 0 Å². The molecule has 0 aromatic heterocycles. The third-order valence-electron chi connectivity index (χ3n) is 3.28. The zero-order chi connectivity index (χ0) is 10.7.